The maximum absolute atomic E-state index is 14.0. The van der Waals surface area contributed by atoms with E-state index in [-0.39, 0.29) is 30.9 Å². The van der Waals surface area contributed by atoms with Crippen LogP contribution in [0.5, 0.6) is 0 Å². The van der Waals surface area contributed by atoms with Crippen molar-refractivity contribution >= 4 is 24.8 Å². The van der Waals surface area contributed by atoms with E-state index in [0.29, 0.717) is 11.5 Å². The Labute approximate surface area is 134 Å². The summed E-state index contributed by atoms with van der Waals surface area (Å²) in [6, 6.07) is 2.32. The molecule has 3 rings (SSSR count). The van der Waals surface area contributed by atoms with Crippen LogP contribution < -0.4 is 5.32 Å². The van der Waals surface area contributed by atoms with Crippen molar-refractivity contribution in [3.8, 4) is 0 Å². The summed E-state index contributed by atoms with van der Waals surface area (Å²) >= 11 is 0. The van der Waals surface area contributed by atoms with Gasteiger partial charge in [-0.15, -0.1) is 24.8 Å². The van der Waals surface area contributed by atoms with Gasteiger partial charge in [-0.05, 0) is 24.8 Å². The highest BCUT2D eigenvalue weighted by Crippen LogP contribution is 2.45. The second-order valence-electron chi connectivity index (χ2n) is 5.33. The van der Waals surface area contributed by atoms with Crippen LogP contribution in [-0.4, -0.2) is 31.1 Å². The third-order valence-corrected chi connectivity index (χ3v) is 4.00. The van der Waals surface area contributed by atoms with E-state index in [1.165, 1.54) is 6.07 Å². The van der Waals surface area contributed by atoms with Crippen LogP contribution in [0.2, 0.25) is 0 Å². The smallest absolute Gasteiger partial charge is 0.194 e. The Kier molecular flexibility index (Phi) is 6.78. The van der Waals surface area contributed by atoms with Crippen molar-refractivity contribution < 1.29 is 13.2 Å². The number of benzene rings is 1. The molecule has 120 valence electrons. The second-order valence-corrected chi connectivity index (χ2v) is 5.33. The molecule has 0 radical (unpaired) electrons. The van der Waals surface area contributed by atoms with Gasteiger partial charge in [0.25, 0.3) is 0 Å². The summed E-state index contributed by atoms with van der Waals surface area (Å²) in [6.07, 6.45) is 2.07. The Morgan fingerprint density at radius 1 is 1.00 bits per heavy atom. The summed E-state index contributed by atoms with van der Waals surface area (Å²) in [5.41, 5.74) is 0.309. The molecule has 1 saturated carbocycles. The minimum Gasteiger partial charge on any atom is -0.314 e. The predicted molar refractivity (Wildman–Crippen MR) is 80.7 cm³/mol. The zero-order chi connectivity index (χ0) is 13.4. The number of hydrogen-bond donors (Lipinski definition) is 1. The van der Waals surface area contributed by atoms with Crippen LogP contribution in [0.1, 0.15) is 24.4 Å². The van der Waals surface area contributed by atoms with Gasteiger partial charge in [0, 0.05) is 37.8 Å². The molecule has 1 saturated heterocycles. The van der Waals surface area contributed by atoms with Crippen molar-refractivity contribution in [2.24, 2.45) is 5.92 Å². The van der Waals surface area contributed by atoms with Gasteiger partial charge in [0.1, 0.15) is 0 Å². The largest absolute Gasteiger partial charge is 0.314 e. The Balaban J connectivity index is 0.00000110. The van der Waals surface area contributed by atoms with E-state index in [9.17, 15) is 13.2 Å². The molecule has 7 heteroatoms. The lowest BCUT2D eigenvalue weighted by molar-refractivity contribution is 0.152. The van der Waals surface area contributed by atoms with Crippen LogP contribution in [0.15, 0.2) is 12.1 Å². The van der Waals surface area contributed by atoms with Gasteiger partial charge in [0.15, 0.2) is 17.5 Å². The summed E-state index contributed by atoms with van der Waals surface area (Å²) in [7, 11) is 0. The van der Waals surface area contributed by atoms with E-state index in [0.717, 1.165) is 45.1 Å². The summed E-state index contributed by atoms with van der Waals surface area (Å²) < 4.78 is 40.5. The molecule has 2 nitrogen and oxygen atoms in total. The van der Waals surface area contributed by atoms with Crippen LogP contribution in [-0.2, 0) is 0 Å². The van der Waals surface area contributed by atoms with Crippen molar-refractivity contribution in [2.45, 2.75) is 18.9 Å². The van der Waals surface area contributed by atoms with Crippen molar-refractivity contribution in [1.82, 2.24) is 10.2 Å². The summed E-state index contributed by atoms with van der Waals surface area (Å²) in [5.74, 6) is -3.11. The first-order valence-electron chi connectivity index (χ1n) is 6.76. The Bertz CT molecular complexity index is 478. The molecule has 1 aliphatic heterocycles. The summed E-state index contributed by atoms with van der Waals surface area (Å²) in [4.78, 5) is 2.18. The number of piperazine rings is 1. The van der Waals surface area contributed by atoms with Crippen molar-refractivity contribution in [3.63, 3.8) is 0 Å². The number of hydrogen-bond acceptors (Lipinski definition) is 2. The quantitative estimate of drug-likeness (QED) is 0.848. The van der Waals surface area contributed by atoms with Gasteiger partial charge in [0.2, 0.25) is 0 Å². The third kappa shape index (κ3) is 3.83. The number of rotatable bonds is 3. The fourth-order valence-corrected chi connectivity index (χ4v) is 2.89. The monoisotopic (exact) mass is 342 g/mol. The fraction of sp³-hybridized carbons (Fsp3) is 0.571. The molecule has 1 aliphatic carbocycles. The molecule has 2 fully saturated rings. The van der Waals surface area contributed by atoms with Gasteiger partial charge in [-0.1, -0.05) is 6.07 Å². The highest BCUT2D eigenvalue weighted by molar-refractivity contribution is 5.85. The molecule has 1 aromatic carbocycles. The lowest BCUT2D eigenvalue weighted by Crippen LogP contribution is -2.46. The number of nitrogens with one attached hydrogen (secondary N) is 1. The standard InChI is InChI=1S/C14H17F3N2.2ClH/c15-11-4-3-10(12(16)13(11)17)14(9-1-2-9)19-7-5-18-6-8-19;;/h3-4,9,14,18H,1-2,5-8H2;2*1H/t14-;;/m1../s1. The normalized spacial score (nSPS) is 20.3. The molecule has 1 atom stereocenters. The van der Waals surface area contributed by atoms with E-state index in [4.69, 9.17) is 0 Å². The zero-order valence-electron chi connectivity index (χ0n) is 11.4. The average molecular weight is 343 g/mol. The van der Waals surface area contributed by atoms with Gasteiger partial charge in [-0.3, -0.25) is 4.90 Å². The van der Waals surface area contributed by atoms with Crippen LogP contribution >= 0.6 is 24.8 Å². The molecule has 0 bridgehead atoms. The minimum atomic E-state index is -1.35. The Morgan fingerprint density at radius 2 is 1.62 bits per heavy atom. The first kappa shape index (κ1) is 18.6. The maximum atomic E-state index is 14.0. The number of nitrogens with zero attached hydrogens (tertiary/aromatic N) is 1. The fourth-order valence-electron chi connectivity index (χ4n) is 2.89. The lowest BCUT2D eigenvalue weighted by Gasteiger charge is -2.35. The van der Waals surface area contributed by atoms with Gasteiger partial charge in [-0.25, -0.2) is 13.2 Å². The second kappa shape index (κ2) is 7.68. The van der Waals surface area contributed by atoms with E-state index >= 15 is 0 Å². The predicted octanol–water partition coefficient (Wildman–Crippen LogP) is 3.30. The molecule has 0 amide bonds. The molecule has 2 aliphatic rings. The van der Waals surface area contributed by atoms with E-state index in [1.807, 2.05) is 0 Å². The molecule has 0 unspecified atom stereocenters. The van der Waals surface area contributed by atoms with E-state index < -0.39 is 17.5 Å². The molecule has 21 heavy (non-hydrogen) atoms. The van der Waals surface area contributed by atoms with Crippen LogP contribution in [0, 0.1) is 23.4 Å². The first-order valence-corrected chi connectivity index (χ1v) is 6.76. The Hall–Kier alpha value is -0.490. The molecule has 1 N–H and O–H groups in total. The van der Waals surface area contributed by atoms with Crippen LogP contribution in [0.25, 0.3) is 0 Å². The van der Waals surface area contributed by atoms with Gasteiger partial charge in [-0.2, -0.15) is 0 Å². The van der Waals surface area contributed by atoms with Gasteiger partial charge in [0.05, 0.1) is 0 Å². The molecule has 1 heterocycles. The van der Waals surface area contributed by atoms with Crippen molar-refractivity contribution in [2.75, 3.05) is 26.2 Å². The van der Waals surface area contributed by atoms with Gasteiger partial charge < -0.3 is 5.32 Å². The summed E-state index contributed by atoms with van der Waals surface area (Å²) in [5, 5.41) is 3.25. The lowest BCUT2D eigenvalue weighted by atomic mass is 9.99. The van der Waals surface area contributed by atoms with E-state index in [1.54, 1.807) is 0 Å². The molecule has 0 spiro atoms. The SMILES string of the molecule is Cl.Cl.Fc1ccc([C@@H](C2CC2)N2CCNCC2)c(F)c1F. The topological polar surface area (TPSA) is 15.3 Å². The molecular weight excluding hydrogens is 324 g/mol. The summed E-state index contributed by atoms with van der Waals surface area (Å²) in [6.45, 7) is 3.35. The zero-order valence-corrected chi connectivity index (χ0v) is 13.1. The van der Waals surface area contributed by atoms with Crippen LogP contribution in [0.3, 0.4) is 0 Å². The Morgan fingerprint density at radius 3 is 2.19 bits per heavy atom. The highest BCUT2D eigenvalue weighted by Gasteiger charge is 2.38. The molecule has 1 aromatic rings. The van der Waals surface area contributed by atoms with Crippen molar-refractivity contribution in [1.29, 1.82) is 0 Å². The van der Waals surface area contributed by atoms with Crippen LogP contribution in [0.4, 0.5) is 13.2 Å². The average Bonchev–Trinajstić information content (AvgIpc) is 3.25. The molecule has 0 aromatic heterocycles. The first-order chi connectivity index (χ1) is 9.18. The van der Waals surface area contributed by atoms with Gasteiger partial charge >= 0.3 is 0 Å². The molecular formula is C14H19Cl2F3N2. The van der Waals surface area contributed by atoms with E-state index in [2.05, 4.69) is 10.2 Å². The minimum absolute atomic E-state index is 0. The third-order valence-electron chi connectivity index (χ3n) is 4.00. The maximum Gasteiger partial charge on any atom is 0.194 e. The van der Waals surface area contributed by atoms with Crippen molar-refractivity contribution in [3.05, 3.63) is 35.1 Å². The highest BCUT2D eigenvalue weighted by atomic mass is 35.5. The number of halogens is 5.